The van der Waals surface area contributed by atoms with Gasteiger partial charge in [0, 0.05) is 23.5 Å². The highest BCUT2D eigenvalue weighted by Gasteiger charge is 2.08. The van der Waals surface area contributed by atoms with Crippen molar-refractivity contribution in [3.8, 4) is 0 Å². The minimum absolute atomic E-state index is 0.202. The van der Waals surface area contributed by atoms with Crippen LogP contribution in [-0.4, -0.2) is 12.5 Å². The molecular formula is C17H19FN2O. The van der Waals surface area contributed by atoms with Gasteiger partial charge in [-0.1, -0.05) is 6.92 Å². The van der Waals surface area contributed by atoms with E-state index >= 15 is 0 Å². The molecule has 2 rings (SSSR count). The number of carbonyl (C=O) groups excluding carboxylic acids is 1. The van der Waals surface area contributed by atoms with Gasteiger partial charge < -0.3 is 10.6 Å². The molecule has 0 fully saturated rings. The van der Waals surface area contributed by atoms with Crippen LogP contribution in [0, 0.1) is 12.7 Å². The zero-order valence-electron chi connectivity index (χ0n) is 12.2. The van der Waals surface area contributed by atoms with E-state index < -0.39 is 0 Å². The van der Waals surface area contributed by atoms with Crippen LogP contribution in [0.1, 0.15) is 29.3 Å². The molecule has 0 aliphatic rings. The summed E-state index contributed by atoms with van der Waals surface area (Å²) in [6.07, 6.45) is 1.05. The maximum atomic E-state index is 12.8. The summed E-state index contributed by atoms with van der Waals surface area (Å²) in [5, 5.41) is 6.06. The molecule has 0 bridgehead atoms. The number of hydrogen-bond acceptors (Lipinski definition) is 2. The van der Waals surface area contributed by atoms with Gasteiger partial charge >= 0.3 is 0 Å². The van der Waals surface area contributed by atoms with Crippen molar-refractivity contribution in [2.24, 2.45) is 0 Å². The Kier molecular flexibility index (Phi) is 4.93. The Morgan fingerprint density at radius 2 is 1.86 bits per heavy atom. The van der Waals surface area contributed by atoms with Crippen molar-refractivity contribution in [2.45, 2.75) is 20.3 Å². The molecule has 110 valence electrons. The number of anilines is 2. The van der Waals surface area contributed by atoms with Gasteiger partial charge in [-0.15, -0.1) is 0 Å². The predicted molar refractivity (Wildman–Crippen MR) is 84.3 cm³/mol. The average molecular weight is 286 g/mol. The molecule has 0 spiro atoms. The molecule has 2 aromatic carbocycles. The first kappa shape index (κ1) is 15.0. The van der Waals surface area contributed by atoms with E-state index in [9.17, 15) is 9.18 Å². The van der Waals surface area contributed by atoms with Crippen molar-refractivity contribution in [1.29, 1.82) is 0 Å². The van der Waals surface area contributed by atoms with Crippen molar-refractivity contribution < 1.29 is 9.18 Å². The first-order valence-corrected chi connectivity index (χ1v) is 7.01. The van der Waals surface area contributed by atoms with E-state index in [-0.39, 0.29) is 11.7 Å². The quantitative estimate of drug-likeness (QED) is 0.864. The highest BCUT2D eigenvalue weighted by molar-refractivity contribution is 6.04. The largest absolute Gasteiger partial charge is 0.385 e. The third-order valence-corrected chi connectivity index (χ3v) is 3.16. The van der Waals surface area contributed by atoms with Crippen LogP contribution in [0.5, 0.6) is 0 Å². The molecule has 0 unspecified atom stereocenters. The van der Waals surface area contributed by atoms with E-state index in [1.807, 2.05) is 19.1 Å². The molecule has 0 aliphatic carbocycles. The Bertz CT molecular complexity index is 623. The van der Waals surface area contributed by atoms with Crippen LogP contribution in [0.25, 0.3) is 0 Å². The SMILES string of the molecule is CCCNc1ccc(C(=O)Nc2ccc(F)cc2)cc1C. The standard InChI is InChI=1S/C17H19FN2O/c1-3-10-19-16-9-4-13(11-12(16)2)17(21)20-15-7-5-14(18)6-8-15/h4-9,11,19H,3,10H2,1-2H3,(H,20,21). The van der Waals surface area contributed by atoms with Crippen molar-refractivity contribution in [1.82, 2.24) is 0 Å². The fraction of sp³-hybridized carbons (Fsp3) is 0.235. The molecule has 0 aliphatic heterocycles. The smallest absolute Gasteiger partial charge is 0.255 e. The number of benzene rings is 2. The fourth-order valence-corrected chi connectivity index (χ4v) is 2.00. The summed E-state index contributed by atoms with van der Waals surface area (Å²) in [4.78, 5) is 12.2. The van der Waals surface area contributed by atoms with Crippen molar-refractivity contribution >= 4 is 17.3 Å². The van der Waals surface area contributed by atoms with Crippen LogP contribution in [0.2, 0.25) is 0 Å². The minimum atomic E-state index is -0.324. The number of aryl methyl sites for hydroxylation is 1. The van der Waals surface area contributed by atoms with Crippen molar-refractivity contribution in [3.63, 3.8) is 0 Å². The molecule has 2 aromatic rings. The molecular weight excluding hydrogens is 267 g/mol. The number of amides is 1. The molecule has 0 heterocycles. The zero-order chi connectivity index (χ0) is 15.2. The molecule has 2 N–H and O–H groups in total. The molecule has 21 heavy (non-hydrogen) atoms. The van der Waals surface area contributed by atoms with Gasteiger partial charge in [-0.2, -0.15) is 0 Å². The Labute approximate surface area is 124 Å². The highest BCUT2D eigenvalue weighted by atomic mass is 19.1. The third-order valence-electron chi connectivity index (χ3n) is 3.16. The van der Waals surface area contributed by atoms with Crippen LogP contribution >= 0.6 is 0 Å². The Morgan fingerprint density at radius 1 is 1.14 bits per heavy atom. The highest BCUT2D eigenvalue weighted by Crippen LogP contribution is 2.18. The number of carbonyl (C=O) groups is 1. The molecule has 0 atom stereocenters. The van der Waals surface area contributed by atoms with E-state index in [0.29, 0.717) is 11.3 Å². The van der Waals surface area contributed by atoms with E-state index in [1.54, 1.807) is 6.07 Å². The molecule has 0 aromatic heterocycles. The van der Waals surface area contributed by atoms with E-state index in [4.69, 9.17) is 0 Å². The van der Waals surface area contributed by atoms with Crippen LogP contribution in [0.4, 0.5) is 15.8 Å². The van der Waals surface area contributed by atoms with Crippen LogP contribution < -0.4 is 10.6 Å². The van der Waals surface area contributed by atoms with Crippen molar-refractivity contribution in [2.75, 3.05) is 17.2 Å². The molecule has 0 saturated carbocycles. The normalized spacial score (nSPS) is 10.2. The van der Waals surface area contributed by atoms with Gasteiger partial charge in [-0.3, -0.25) is 4.79 Å². The zero-order valence-corrected chi connectivity index (χ0v) is 12.2. The lowest BCUT2D eigenvalue weighted by Gasteiger charge is -2.11. The number of nitrogens with one attached hydrogen (secondary N) is 2. The fourth-order valence-electron chi connectivity index (χ4n) is 2.00. The van der Waals surface area contributed by atoms with Gasteiger partial charge in [0.2, 0.25) is 0 Å². The summed E-state index contributed by atoms with van der Waals surface area (Å²) in [5.74, 6) is -0.526. The van der Waals surface area contributed by atoms with Crippen LogP contribution in [0.3, 0.4) is 0 Å². The van der Waals surface area contributed by atoms with Gasteiger partial charge in [-0.05, 0) is 61.4 Å². The first-order valence-electron chi connectivity index (χ1n) is 7.01. The van der Waals surface area contributed by atoms with Gasteiger partial charge in [0.05, 0.1) is 0 Å². The second-order valence-electron chi connectivity index (χ2n) is 4.92. The molecule has 3 nitrogen and oxygen atoms in total. The molecule has 1 amide bonds. The van der Waals surface area contributed by atoms with Crippen molar-refractivity contribution in [3.05, 3.63) is 59.4 Å². The van der Waals surface area contributed by atoms with Gasteiger partial charge in [-0.25, -0.2) is 4.39 Å². The summed E-state index contributed by atoms with van der Waals surface area (Å²) >= 11 is 0. The van der Waals surface area contributed by atoms with Crippen LogP contribution in [0.15, 0.2) is 42.5 Å². The predicted octanol–water partition coefficient (Wildman–Crippen LogP) is 4.21. The third kappa shape index (κ3) is 4.05. The Morgan fingerprint density at radius 3 is 2.48 bits per heavy atom. The summed E-state index contributed by atoms with van der Waals surface area (Å²) in [6, 6.07) is 11.2. The molecule has 0 saturated heterocycles. The number of rotatable bonds is 5. The summed E-state index contributed by atoms with van der Waals surface area (Å²) in [7, 11) is 0. The van der Waals surface area contributed by atoms with Gasteiger partial charge in [0.15, 0.2) is 0 Å². The van der Waals surface area contributed by atoms with Crippen LogP contribution in [-0.2, 0) is 0 Å². The Hall–Kier alpha value is -2.36. The Balaban J connectivity index is 2.08. The lowest BCUT2D eigenvalue weighted by molar-refractivity contribution is 0.102. The first-order chi connectivity index (χ1) is 10.1. The number of halogens is 1. The van der Waals surface area contributed by atoms with E-state index in [1.165, 1.54) is 24.3 Å². The molecule has 4 heteroatoms. The van der Waals surface area contributed by atoms with E-state index in [0.717, 1.165) is 24.2 Å². The summed E-state index contributed by atoms with van der Waals surface area (Å²) in [6.45, 7) is 4.97. The minimum Gasteiger partial charge on any atom is -0.385 e. The van der Waals surface area contributed by atoms with Gasteiger partial charge in [0.1, 0.15) is 5.82 Å². The maximum absolute atomic E-state index is 12.8. The lowest BCUT2D eigenvalue weighted by atomic mass is 10.1. The summed E-state index contributed by atoms with van der Waals surface area (Å²) < 4.78 is 12.8. The van der Waals surface area contributed by atoms with Gasteiger partial charge in [0.25, 0.3) is 5.91 Å². The monoisotopic (exact) mass is 286 g/mol. The lowest BCUT2D eigenvalue weighted by Crippen LogP contribution is -2.12. The van der Waals surface area contributed by atoms with E-state index in [2.05, 4.69) is 17.6 Å². The number of hydrogen-bond donors (Lipinski definition) is 2. The topological polar surface area (TPSA) is 41.1 Å². The average Bonchev–Trinajstić information content (AvgIpc) is 2.48. The summed E-state index contributed by atoms with van der Waals surface area (Å²) in [5.41, 5.74) is 3.22. The maximum Gasteiger partial charge on any atom is 0.255 e. The second-order valence-corrected chi connectivity index (χ2v) is 4.92. The molecule has 0 radical (unpaired) electrons. The second kappa shape index (κ2) is 6.88.